The number of hydrogen-bond donors (Lipinski definition) is 1. The molecule has 1 N–H and O–H groups in total. The molecule has 140 valence electrons. The van der Waals surface area contributed by atoms with Crippen molar-refractivity contribution in [2.24, 2.45) is 0 Å². The fraction of sp³-hybridized carbons (Fsp3) is 0.316. The summed E-state index contributed by atoms with van der Waals surface area (Å²) in [5.41, 5.74) is 1.27. The summed E-state index contributed by atoms with van der Waals surface area (Å²) in [5, 5.41) is 2.88. The molecule has 0 radical (unpaired) electrons. The largest absolute Gasteiger partial charge is 0.493 e. The second-order valence-electron chi connectivity index (χ2n) is 5.86. The Hall–Kier alpha value is -2.31. The second-order valence-corrected chi connectivity index (χ2v) is 6.26. The predicted octanol–water partition coefficient (Wildman–Crippen LogP) is 3.96. The Bertz CT molecular complexity index is 785. The lowest BCUT2D eigenvalue weighted by Crippen LogP contribution is -2.39. The van der Waals surface area contributed by atoms with Crippen LogP contribution >= 0.6 is 11.6 Å². The van der Waals surface area contributed by atoms with Gasteiger partial charge in [0.1, 0.15) is 5.82 Å². The quantitative estimate of drug-likeness (QED) is 0.790. The third kappa shape index (κ3) is 4.65. The van der Waals surface area contributed by atoms with Gasteiger partial charge in [0.05, 0.1) is 31.0 Å². The average Bonchev–Trinajstić information content (AvgIpc) is 2.62. The topological polar surface area (TPSA) is 50.8 Å². The number of rotatable bonds is 7. The Morgan fingerprint density at radius 2 is 2.00 bits per heavy atom. The van der Waals surface area contributed by atoms with Crippen LogP contribution in [0, 0.1) is 5.82 Å². The predicted molar refractivity (Wildman–Crippen MR) is 101 cm³/mol. The van der Waals surface area contributed by atoms with Crippen LogP contribution in [0.5, 0.6) is 11.5 Å². The molecule has 0 saturated carbocycles. The molecule has 0 fully saturated rings. The van der Waals surface area contributed by atoms with E-state index in [1.807, 2.05) is 30.1 Å². The highest BCUT2D eigenvalue weighted by Gasteiger charge is 2.21. The number of benzene rings is 2. The number of para-hydroxylation sites is 1. The number of ether oxygens (including phenoxy) is 2. The van der Waals surface area contributed by atoms with Crippen LogP contribution in [0.2, 0.25) is 5.02 Å². The number of likely N-dealkylation sites (N-methyl/N-ethyl adjacent to an activating group) is 1. The zero-order valence-electron chi connectivity index (χ0n) is 15.2. The number of amides is 1. The van der Waals surface area contributed by atoms with Crippen LogP contribution in [0.4, 0.5) is 10.1 Å². The van der Waals surface area contributed by atoms with Gasteiger partial charge in [0.2, 0.25) is 5.91 Å². The van der Waals surface area contributed by atoms with E-state index in [2.05, 4.69) is 5.32 Å². The number of nitrogens with zero attached hydrogens (tertiary/aromatic N) is 1. The third-order valence-electron chi connectivity index (χ3n) is 4.13. The molecule has 2 aromatic carbocycles. The van der Waals surface area contributed by atoms with E-state index >= 15 is 0 Å². The summed E-state index contributed by atoms with van der Waals surface area (Å²) in [6, 6.07) is 8.99. The first kappa shape index (κ1) is 20.0. The molecule has 0 bridgehead atoms. The van der Waals surface area contributed by atoms with Crippen molar-refractivity contribution in [3.63, 3.8) is 0 Å². The van der Waals surface area contributed by atoms with Crippen molar-refractivity contribution < 1.29 is 18.7 Å². The molecule has 0 aliphatic rings. The summed E-state index contributed by atoms with van der Waals surface area (Å²) in [6.07, 6.45) is 0. The lowest BCUT2D eigenvalue weighted by Gasteiger charge is -2.25. The monoisotopic (exact) mass is 380 g/mol. The zero-order valence-corrected chi connectivity index (χ0v) is 15.9. The van der Waals surface area contributed by atoms with Gasteiger partial charge >= 0.3 is 0 Å². The van der Waals surface area contributed by atoms with Crippen molar-refractivity contribution in [2.45, 2.75) is 19.5 Å². The number of nitrogens with one attached hydrogen (secondary N) is 1. The van der Waals surface area contributed by atoms with Crippen LogP contribution in [-0.2, 0) is 11.3 Å². The van der Waals surface area contributed by atoms with E-state index < -0.39 is 11.9 Å². The van der Waals surface area contributed by atoms with E-state index in [9.17, 15) is 9.18 Å². The van der Waals surface area contributed by atoms with Crippen molar-refractivity contribution >= 4 is 23.2 Å². The molecule has 2 aromatic rings. The van der Waals surface area contributed by atoms with E-state index in [4.69, 9.17) is 21.1 Å². The summed E-state index contributed by atoms with van der Waals surface area (Å²) in [5.74, 6) is 0.566. The van der Waals surface area contributed by atoms with Crippen LogP contribution in [0.1, 0.15) is 12.5 Å². The molecular formula is C19H22ClFN2O3. The Morgan fingerprint density at radius 3 is 2.62 bits per heavy atom. The van der Waals surface area contributed by atoms with Crippen molar-refractivity contribution in [1.82, 2.24) is 4.90 Å². The molecule has 1 atom stereocenters. The Morgan fingerprint density at radius 1 is 1.27 bits per heavy atom. The summed E-state index contributed by atoms with van der Waals surface area (Å²) in [4.78, 5) is 14.4. The molecule has 0 saturated heterocycles. The first-order valence-corrected chi connectivity index (χ1v) is 8.41. The van der Waals surface area contributed by atoms with Crippen molar-refractivity contribution in [3.8, 4) is 11.5 Å². The van der Waals surface area contributed by atoms with Crippen LogP contribution in [0.25, 0.3) is 0 Å². The Balaban J connectivity index is 2.09. The molecule has 2 rings (SSSR count). The van der Waals surface area contributed by atoms with E-state index in [1.54, 1.807) is 21.1 Å². The molecule has 0 aromatic heterocycles. The maximum atomic E-state index is 13.1. The van der Waals surface area contributed by atoms with Gasteiger partial charge in [-0.05, 0) is 38.2 Å². The van der Waals surface area contributed by atoms with E-state index in [1.165, 1.54) is 12.1 Å². The zero-order chi connectivity index (χ0) is 19.3. The van der Waals surface area contributed by atoms with Gasteiger partial charge in [0.25, 0.3) is 0 Å². The van der Waals surface area contributed by atoms with Gasteiger partial charge < -0.3 is 14.8 Å². The maximum absolute atomic E-state index is 13.1. The molecule has 0 spiro atoms. The van der Waals surface area contributed by atoms with Gasteiger partial charge in [-0.1, -0.05) is 23.7 Å². The van der Waals surface area contributed by atoms with Gasteiger partial charge in [-0.3, -0.25) is 9.69 Å². The normalized spacial score (nSPS) is 12.0. The summed E-state index contributed by atoms with van der Waals surface area (Å²) in [7, 11) is 4.98. The summed E-state index contributed by atoms with van der Waals surface area (Å²) >= 11 is 5.96. The molecule has 0 heterocycles. The van der Waals surface area contributed by atoms with Crippen LogP contribution in [0.15, 0.2) is 36.4 Å². The summed E-state index contributed by atoms with van der Waals surface area (Å²) in [6.45, 7) is 2.26. The Kier molecular flexibility index (Phi) is 6.83. The fourth-order valence-electron chi connectivity index (χ4n) is 2.51. The standard InChI is InChI=1S/C19H22ClFN2O3/c1-12(19(24)22-16-9-8-14(21)10-15(16)20)23(2)11-13-6-5-7-17(25-3)18(13)26-4/h5-10,12H,11H2,1-4H3,(H,22,24)/t12-/m0/s1. The van der Waals surface area contributed by atoms with Gasteiger partial charge in [0.15, 0.2) is 11.5 Å². The lowest BCUT2D eigenvalue weighted by molar-refractivity contribution is -0.120. The fourth-order valence-corrected chi connectivity index (χ4v) is 2.73. The molecule has 0 aliphatic heterocycles. The van der Waals surface area contributed by atoms with Gasteiger partial charge in [-0.2, -0.15) is 0 Å². The van der Waals surface area contributed by atoms with Gasteiger partial charge in [0, 0.05) is 12.1 Å². The highest BCUT2D eigenvalue weighted by Crippen LogP contribution is 2.31. The molecule has 7 heteroatoms. The van der Waals surface area contributed by atoms with Crippen LogP contribution < -0.4 is 14.8 Å². The molecule has 26 heavy (non-hydrogen) atoms. The lowest BCUT2D eigenvalue weighted by atomic mass is 10.1. The number of carbonyl (C=O) groups excluding carboxylic acids is 1. The first-order chi connectivity index (χ1) is 12.4. The minimum atomic E-state index is -0.455. The van der Waals surface area contributed by atoms with Gasteiger partial charge in [-0.15, -0.1) is 0 Å². The van der Waals surface area contributed by atoms with Crippen LogP contribution in [0.3, 0.4) is 0 Å². The summed E-state index contributed by atoms with van der Waals surface area (Å²) < 4.78 is 23.8. The highest BCUT2D eigenvalue weighted by atomic mass is 35.5. The number of anilines is 1. The molecule has 0 aliphatic carbocycles. The van der Waals surface area contributed by atoms with Crippen molar-refractivity contribution in [2.75, 3.05) is 26.6 Å². The average molecular weight is 381 g/mol. The van der Waals surface area contributed by atoms with Crippen LogP contribution in [-0.4, -0.2) is 38.1 Å². The van der Waals surface area contributed by atoms with Crippen molar-refractivity contribution in [1.29, 1.82) is 0 Å². The Labute approximate surface area is 157 Å². The molecular weight excluding hydrogens is 359 g/mol. The molecule has 0 unspecified atom stereocenters. The number of hydrogen-bond acceptors (Lipinski definition) is 4. The smallest absolute Gasteiger partial charge is 0.241 e. The SMILES string of the molecule is COc1cccc(CN(C)[C@@H](C)C(=O)Nc2ccc(F)cc2Cl)c1OC. The first-order valence-electron chi connectivity index (χ1n) is 8.03. The van der Waals surface area contributed by atoms with Crippen molar-refractivity contribution in [3.05, 3.63) is 52.8 Å². The number of halogens is 2. The number of carbonyl (C=O) groups is 1. The highest BCUT2D eigenvalue weighted by molar-refractivity contribution is 6.33. The van der Waals surface area contributed by atoms with E-state index in [-0.39, 0.29) is 10.9 Å². The third-order valence-corrected chi connectivity index (χ3v) is 4.45. The van der Waals surface area contributed by atoms with E-state index in [0.29, 0.717) is 23.7 Å². The molecule has 1 amide bonds. The number of methoxy groups -OCH3 is 2. The van der Waals surface area contributed by atoms with Gasteiger partial charge in [-0.25, -0.2) is 4.39 Å². The minimum Gasteiger partial charge on any atom is -0.493 e. The minimum absolute atomic E-state index is 0.155. The molecule has 5 nitrogen and oxygen atoms in total. The van der Waals surface area contributed by atoms with E-state index in [0.717, 1.165) is 11.6 Å². The second kappa shape index (κ2) is 8.87. The maximum Gasteiger partial charge on any atom is 0.241 e.